The van der Waals surface area contributed by atoms with Crippen LogP contribution in [-0.4, -0.2) is 57.4 Å². The molecule has 2 N–H and O–H groups in total. The van der Waals surface area contributed by atoms with E-state index in [4.69, 9.17) is 4.74 Å². The van der Waals surface area contributed by atoms with Crippen LogP contribution in [0.3, 0.4) is 0 Å². The molecule has 0 bridgehead atoms. The molecular weight excluding hydrogens is 422 g/mol. The van der Waals surface area contributed by atoms with E-state index in [0.717, 1.165) is 4.31 Å². The zero-order chi connectivity index (χ0) is 21.4. The molecule has 10 nitrogen and oxygen atoms in total. The lowest BCUT2D eigenvalue weighted by atomic mass is 10.2. The van der Waals surface area contributed by atoms with E-state index in [1.54, 1.807) is 6.92 Å². The van der Waals surface area contributed by atoms with Crippen LogP contribution in [0.2, 0.25) is 0 Å². The minimum absolute atomic E-state index is 0.174. The van der Waals surface area contributed by atoms with Crippen molar-refractivity contribution in [2.24, 2.45) is 0 Å². The van der Waals surface area contributed by atoms with Gasteiger partial charge in [0.25, 0.3) is 21.8 Å². The summed E-state index contributed by atoms with van der Waals surface area (Å²) in [4.78, 5) is 24.2. The first-order valence-corrected chi connectivity index (χ1v) is 12.4. The number of anilines is 1. The van der Waals surface area contributed by atoms with Crippen LogP contribution in [0.4, 0.5) is 5.69 Å². The van der Waals surface area contributed by atoms with Crippen LogP contribution in [0.25, 0.3) is 0 Å². The van der Waals surface area contributed by atoms with Gasteiger partial charge in [-0.15, -0.1) is 0 Å². The SMILES string of the molecule is CC[C@H]1Oc2ccc(S(=O)(=O)NC(=O)[C@H]3CCCN3S(=O)(=O)CC)cc2NC1=O. The summed E-state index contributed by atoms with van der Waals surface area (Å²) in [5, 5.41) is 2.59. The minimum Gasteiger partial charge on any atom is -0.478 e. The molecular formula is C17H23N3O7S2. The molecule has 2 atom stereocenters. The van der Waals surface area contributed by atoms with Crippen molar-refractivity contribution in [3.8, 4) is 5.75 Å². The Labute approximate surface area is 169 Å². The fraction of sp³-hybridized carbons (Fsp3) is 0.529. The van der Waals surface area contributed by atoms with Crippen molar-refractivity contribution >= 4 is 37.5 Å². The van der Waals surface area contributed by atoms with E-state index in [1.807, 2.05) is 4.72 Å². The third-order valence-corrected chi connectivity index (χ3v) is 8.14. The van der Waals surface area contributed by atoms with E-state index in [2.05, 4.69) is 5.32 Å². The molecule has 1 fully saturated rings. The van der Waals surface area contributed by atoms with Crippen molar-refractivity contribution in [3.63, 3.8) is 0 Å². The number of hydrogen-bond acceptors (Lipinski definition) is 7. The average molecular weight is 446 g/mol. The second kappa shape index (κ2) is 7.92. The lowest BCUT2D eigenvalue weighted by Crippen LogP contribution is -2.47. The summed E-state index contributed by atoms with van der Waals surface area (Å²) in [5.74, 6) is -1.13. The fourth-order valence-electron chi connectivity index (χ4n) is 3.33. The Kier molecular flexibility index (Phi) is 5.88. The van der Waals surface area contributed by atoms with Crippen LogP contribution in [0.15, 0.2) is 23.1 Å². The van der Waals surface area contributed by atoms with Gasteiger partial charge in [0.2, 0.25) is 10.0 Å². The Morgan fingerprint density at radius 1 is 1.28 bits per heavy atom. The minimum atomic E-state index is -4.27. The summed E-state index contributed by atoms with van der Waals surface area (Å²) in [6, 6.07) is 2.79. The smallest absolute Gasteiger partial charge is 0.265 e. The average Bonchev–Trinajstić information content (AvgIpc) is 3.17. The van der Waals surface area contributed by atoms with Crippen LogP contribution >= 0.6 is 0 Å². The molecule has 0 aliphatic carbocycles. The van der Waals surface area contributed by atoms with Crippen LogP contribution in [0.1, 0.15) is 33.1 Å². The lowest BCUT2D eigenvalue weighted by Gasteiger charge is -2.25. The van der Waals surface area contributed by atoms with Gasteiger partial charge in [-0.1, -0.05) is 6.92 Å². The van der Waals surface area contributed by atoms with Crippen LogP contribution < -0.4 is 14.8 Å². The molecule has 0 unspecified atom stereocenters. The number of amides is 2. The van der Waals surface area contributed by atoms with E-state index in [9.17, 15) is 26.4 Å². The normalized spacial score (nSPS) is 22.5. The van der Waals surface area contributed by atoms with Gasteiger partial charge in [-0.25, -0.2) is 21.6 Å². The Hall–Kier alpha value is -2.18. The van der Waals surface area contributed by atoms with Crippen LogP contribution in [-0.2, 0) is 29.6 Å². The van der Waals surface area contributed by atoms with Gasteiger partial charge >= 0.3 is 0 Å². The largest absolute Gasteiger partial charge is 0.478 e. The van der Waals surface area contributed by atoms with Crippen LogP contribution in [0, 0.1) is 0 Å². The molecule has 2 aliphatic rings. The number of carbonyl (C=O) groups excluding carboxylic acids is 2. The molecule has 2 aliphatic heterocycles. The maximum atomic E-state index is 12.7. The number of hydrogen-bond donors (Lipinski definition) is 2. The molecule has 2 amide bonds. The summed E-state index contributed by atoms with van der Waals surface area (Å²) in [6.07, 6.45) is 0.518. The van der Waals surface area contributed by atoms with E-state index in [-0.39, 0.29) is 35.2 Å². The molecule has 0 aromatic heterocycles. The van der Waals surface area contributed by atoms with Crippen molar-refractivity contribution in [2.45, 2.75) is 50.2 Å². The van der Waals surface area contributed by atoms with Crippen molar-refractivity contribution in [1.82, 2.24) is 9.03 Å². The van der Waals surface area contributed by atoms with Crippen molar-refractivity contribution < 1.29 is 31.2 Å². The van der Waals surface area contributed by atoms with Gasteiger partial charge in [0, 0.05) is 6.54 Å². The highest BCUT2D eigenvalue weighted by atomic mass is 32.2. The first kappa shape index (κ1) is 21.5. The molecule has 1 saturated heterocycles. The topological polar surface area (TPSA) is 139 Å². The third-order valence-electron chi connectivity index (χ3n) is 4.92. The molecule has 12 heteroatoms. The zero-order valence-corrected chi connectivity index (χ0v) is 17.7. The number of ether oxygens (including phenoxy) is 1. The predicted molar refractivity (Wildman–Crippen MR) is 104 cm³/mol. The second-order valence-electron chi connectivity index (χ2n) is 6.80. The number of sulfonamides is 2. The van der Waals surface area contributed by atoms with Gasteiger partial charge in [0.05, 0.1) is 16.3 Å². The van der Waals surface area contributed by atoms with Gasteiger partial charge in [0.15, 0.2) is 6.10 Å². The van der Waals surface area contributed by atoms with Gasteiger partial charge in [-0.05, 0) is 44.4 Å². The molecule has 1 aromatic carbocycles. The summed E-state index contributed by atoms with van der Waals surface area (Å²) in [6.45, 7) is 3.43. The lowest BCUT2D eigenvalue weighted by molar-refractivity contribution is -0.124. The quantitative estimate of drug-likeness (QED) is 0.647. The molecule has 3 rings (SSSR count). The van der Waals surface area contributed by atoms with Crippen LogP contribution in [0.5, 0.6) is 5.75 Å². The maximum Gasteiger partial charge on any atom is 0.265 e. The fourth-order valence-corrected chi connectivity index (χ4v) is 5.69. The third kappa shape index (κ3) is 4.23. The number of carbonyl (C=O) groups is 2. The Morgan fingerprint density at radius 2 is 2.00 bits per heavy atom. The highest BCUT2D eigenvalue weighted by Gasteiger charge is 2.39. The van der Waals surface area contributed by atoms with Crippen molar-refractivity contribution in [3.05, 3.63) is 18.2 Å². The zero-order valence-electron chi connectivity index (χ0n) is 16.0. The summed E-state index contributed by atoms with van der Waals surface area (Å²) < 4.78 is 58.1. The number of fused-ring (bicyclic) bond motifs is 1. The Balaban J connectivity index is 1.81. The second-order valence-corrected chi connectivity index (χ2v) is 10.7. The Bertz CT molecular complexity index is 1040. The van der Waals surface area contributed by atoms with Gasteiger partial charge in [-0.3, -0.25) is 9.59 Å². The number of nitrogens with zero attached hydrogens (tertiary/aromatic N) is 1. The monoisotopic (exact) mass is 445 g/mol. The number of rotatable bonds is 6. The molecule has 29 heavy (non-hydrogen) atoms. The summed E-state index contributed by atoms with van der Waals surface area (Å²) in [5.41, 5.74) is 0.186. The first-order chi connectivity index (χ1) is 13.6. The van der Waals surface area contributed by atoms with E-state index in [0.29, 0.717) is 18.6 Å². The molecule has 1 aromatic rings. The highest BCUT2D eigenvalue weighted by molar-refractivity contribution is 7.90. The summed E-state index contributed by atoms with van der Waals surface area (Å²) >= 11 is 0. The van der Waals surface area contributed by atoms with E-state index in [1.165, 1.54) is 25.1 Å². The first-order valence-electron chi connectivity index (χ1n) is 9.26. The molecule has 2 heterocycles. The maximum absolute atomic E-state index is 12.7. The van der Waals surface area contributed by atoms with Crippen molar-refractivity contribution in [1.29, 1.82) is 0 Å². The number of nitrogens with one attached hydrogen (secondary N) is 2. The summed E-state index contributed by atoms with van der Waals surface area (Å²) in [7, 11) is -7.90. The number of benzene rings is 1. The molecule has 160 valence electrons. The van der Waals surface area contributed by atoms with Gasteiger partial charge in [-0.2, -0.15) is 4.31 Å². The molecule has 0 saturated carbocycles. The highest BCUT2D eigenvalue weighted by Crippen LogP contribution is 2.32. The molecule has 0 spiro atoms. The van der Waals surface area contributed by atoms with E-state index >= 15 is 0 Å². The van der Waals surface area contributed by atoms with Crippen molar-refractivity contribution in [2.75, 3.05) is 17.6 Å². The molecule has 0 radical (unpaired) electrons. The predicted octanol–water partition coefficient (Wildman–Crippen LogP) is 0.415. The standard InChI is InChI=1S/C17H23N3O7S2/c1-3-14-17(22)18-12-10-11(7-8-15(12)27-14)29(25,26)19-16(21)13-6-5-9-20(13)28(23,24)4-2/h7-8,10,13-14H,3-6,9H2,1-2H3,(H,18,22)(H,19,21)/t13-,14-/m1/s1. The van der Waals surface area contributed by atoms with Gasteiger partial charge in [0.1, 0.15) is 11.8 Å². The van der Waals surface area contributed by atoms with Gasteiger partial charge < -0.3 is 10.1 Å². The Morgan fingerprint density at radius 3 is 2.66 bits per heavy atom. The van der Waals surface area contributed by atoms with E-state index < -0.39 is 38.1 Å².